The Kier molecular flexibility index (Phi) is 6.39. The minimum atomic E-state index is 0.575. The van der Waals surface area contributed by atoms with Gasteiger partial charge in [-0.05, 0) is 64.4 Å². The second-order valence-electron chi connectivity index (χ2n) is 12.3. The Bertz CT molecular complexity index is 2860. The van der Waals surface area contributed by atoms with Gasteiger partial charge in [0.2, 0.25) is 5.89 Å². The van der Waals surface area contributed by atoms with Crippen LogP contribution in [0.2, 0.25) is 0 Å². The lowest BCUT2D eigenvalue weighted by atomic mass is 10.0. The van der Waals surface area contributed by atoms with Crippen LogP contribution < -0.4 is 0 Å². The van der Waals surface area contributed by atoms with Crippen molar-refractivity contribution in [1.82, 2.24) is 19.9 Å². The second-order valence-corrected chi connectivity index (χ2v) is 12.3. The molecule has 3 aromatic heterocycles. The normalized spacial score (nSPS) is 11.6. The molecule has 234 valence electrons. The Hall–Kier alpha value is -6.92. The second kappa shape index (κ2) is 11.4. The third-order valence-electron chi connectivity index (χ3n) is 9.15. The van der Waals surface area contributed by atoms with Gasteiger partial charge in [-0.1, -0.05) is 115 Å². The fourth-order valence-corrected chi connectivity index (χ4v) is 6.73. The van der Waals surface area contributed by atoms with E-state index in [2.05, 4.69) is 54.6 Å². The van der Waals surface area contributed by atoms with Gasteiger partial charge < -0.3 is 8.83 Å². The van der Waals surface area contributed by atoms with Gasteiger partial charge in [0.15, 0.2) is 23.1 Å². The maximum absolute atomic E-state index is 6.41. The van der Waals surface area contributed by atoms with Crippen molar-refractivity contribution in [1.29, 1.82) is 0 Å². The van der Waals surface area contributed by atoms with Gasteiger partial charge in [-0.25, -0.2) is 19.9 Å². The Morgan fingerprint density at radius 2 is 0.880 bits per heavy atom. The molecule has 0 N–H and O–H groups in total. The highest BCUT2D eigenvalue weighted by atomic mass is 16.4. The van der Waals surface area contributed by atoms with E-state index in [1.54, 1.807) is 0 Å². The van der Waals surface area contributed by atoms with E-state index in [1.165, 1.54) is 0 Å². The van der Waals surface area contributed by atoms with Gasteiger partial charge in [0.1, 0.15) is 16.7 Å². The maximum atomic E-state index is 6.41. The van der Waals surface area contributed by atoms with E-state index in [9.17, 15) is 0 Å². The van der Waals surface area contributed by atoms with Crippen LogP contribution in [-0.2, 0) is 0 Å². The van der Waals surface area contributed by atoms with Gasteiger partial charge in [0.25, 0.3) is 0 Å². The molecule has 7 aromatic carbocycles. The van der Waals surface area contributed by atoms with Gasteiger partial charge in [-0.3, -0.25) is 0 Å². The molecule has 10 aromatic rings. The van der Waals surface area contributed by atoms with Gasteiger partial charge in [0.05, 0.1) is 5.39 Å². The first kappa shape index (κ1) is 28.1. The van der Waals surface area contributed by atoms with Crippen molar-refractivity contribution in [2.75, 3.05) is 0 Å². The molecule has 10 rings (SSSR count). The lowest BCUT2D eigenvalue weighted by molar-refractivity contribution is 0.619. The van der Waals surface area contributed by atoms with Gasteiger partial charge in [-0.2, -0.15) is 0 Å². The van der Waals surface area contributed by atoms with E-state index in [4.69, 9.17) is 28.8 Å². The molecule has 0 saturated carbocycles. The molecule has 0 radical (unpaired) electrons. The summed E-state index contributed by atoms with van der Waals surface area (Å²) in [6.07, 6.45) is 0. The highest BCUT2D eigenvalue weighted by molar-refractivity contribution is 6.25. The van der Waals surface area contributed by atoms with Crippen molar-refractivity contribution in [3.8, 4) is 56.7 Å². The van der Waals surface area contributed by atoms with Crippen molar-refractivity contribution in [3.05, 3.63) is 158 Å². The lowest BCUT2D eigenvalue weighted by Gasteiger charge is -2.10. The monoisotopic (exact) mass is 642 g/mol. The molecular formula is C44H26N4O2. The molecule has 0 bridgehead atoms. The zero-order valence-corrected chi connectivity index (χ0v) is 26.6. The molecule has 0 unspecified atom stereocenters. The highest BCUT2D eigenvalue weighted by Gasteiger charge is 2.19. The van der Waals surface area contributed by atoms with Crippen LogP contribution in [-0.4, -0.2) is 19.9 Å². The number of nitrogens with zero attached hydrogens (tertiary/aromatic N) is 4. The first-order valence-electron chi connectivity index (χ1n) is 16.5. The number of rotatable bonds is 5. The Labute approximate surface area is 286 Å². The van der Waals surface area contributed by atoms with E-state index in [0.29, 0.717) is 28.9 Å². The maximum Gasteiger partial charge on any atom is 0.227 e. The number of fused-ring (bicyclic) bond motifs is 7. The zero-order chi connectivity index (χ0) is 33.0. The summed E-state index contributed by atoms with van der Waals surface area (Å²) >= 11 is 0. The number of aromatic nitrogens is 4. The quantitative estimate of drug-likeness (QED) is 0.186. The molecular weight excluding hydrogens is 617 g/mol. The molecule has 0 aliphatic rings. The number of hydrogen-bond acceptors (Lipinski definition) is 6. The van der Waals surface area contributed by atoms with Crippen molar-refractivity contribution < 1.29 is 8.83 Å². The predicted octanol–water partition coefficient (Wildman–Crippen LogP) is 11.4. The van der Waals surface area contributed by atoms with E-state index >= 15 is 0 Å². The third-order valence-corrected chi connectivity index (χ3v) is 9.15. The molecule has 0 aliphatic carbocycles. The molecule has 0 saturated heterocycles. The molecule has 3 heterocycles. The lowest BCUT2D eigenvalue weighted by Crippen LogP contribution is -2.00. The molecule has 6 nitrogen and oxygen atoms in total. The molecule has 0 amide bonds. The van der Waals surface area contributed by atoms with E-state index in [-0.39, 0.29) is 0 Å². The minimum absolute atomic E-state index is 0.575. The largest absolute Gasteiger partial charge is 0.456 e. The van der Waals surface area contributed by atoms with Crippen molar-refractivity contribution in [3.63, 3.8) is 0 Å². The summed E-state index contributed by atoms with van der Waals surface area (Å²) in [5, 5.41) is 3.99. The molecule has 0 aliphatic heterocycles. The first-order valence-corrected chi connectivity index (χ1v) is 16.5. The van der Waals surface area contributed by atoms with E-state index in [1.807, 2.05) is 103 Å². The first-order chi connectivity index (χ1) is 24.7. The SMILES string of the molecule is c1ccc(-c2cccc(-c3nc(-c4ccccc4)nc(-c4ccc5ccc6oc7ccc8oc(-c9ccccc9)nc8c7c6c5c4)n3)c2)cc1. The Morgan fingerprint density at radius 3 is 1.62 bits per heavy atom. The van der Waals surface area contributed by atoms with Crippen LogP contribution in [0.1, 0.15) is 0 Å². The van der Waals surface area contributed by atoms with Gasteiger partial charge in [-0.15, -0.1) is 0 Å². The standard InChI is InChI=1S/C44H26N4O2/c1-4-11-27(12-5-1)31-17-10-18-32(25-31)42-46-41(29-13-6-2-7-14-29)47-43(48-42)33-20-19-28-21-22-35-38(34(28)26-33)39-36(49-35)23-24-37-40(39)45-44(50-37)30-15-8-3-9-16-30/h1-26H. The molecule has 6 heteroatoms. The Balaban J connectivity index is 1.18. The van der Waals surface area contributed by atoms with Crippen LogP contribution in [0, 0.1) is 0 Å². The smallest absolute Gasteiger partial charge is 0.227 e. The number of hydrogen-bond donors (Lipinski definition) is 0. The topological polar surface area (TPSA) is 77.8 Å². The number of benzene rings is 7. The molecule has 50 heavy (non-hydrogen) atoms. The van der Waals surface area contributed by atoms with Crippen LogP contribution in [0.25, 0.3) is 101 Å². The van der Waals surface area contributed by atoms with Crippen molar-refractivity contribution >= 4 is 43.8 Å². The van der Waals surface area contributed by atoms with E-state index in [0.717, 1.165) is 71.6 Å². The van der Waals surface area contributed by atoms with Crippen LogP contribution in [0.5, 0.6) is 0 Å². The van der Waals surface area contributed by atoms with Crippen molar-refractivity contribution in [2.45, 2.75) is 0 Å². The molecule has 0 fully saturated rings. The van der Waals surface area contributed by atoms with E-state index < -0.39 is 0 Å². The highest BCUT2D eigenvalue weighted by Crippen LogP contribution is 2.40. The fourth-order valence-electron chi connectivity index (χ4n) is 6.73. The van der Waals surface area contributed by atoms with Crippen molar-refractivity contribution in [2.24, 2.45) is 0 Å². The van der Waals surface area contributed by atoms with Crippen LogP contribution in [0.3, 0.4) is 0 Å². The average Bonchev–Trinajstić information content (AvgIpc) is 3.81. The van der Waals surface area contributed by atoms with Gasteiger partial charge in [0, 0.05) is 27.6 Å². The summed E-state index contributed by atoms with van der Waals surface area (Å²) in [6, 6.07) is 53.0. The average molecular weight is 643 g/mol. The molecule has 0 spiro atoms. The summed E-state index contributed by atoms with van der Waals surface area (Å²) in [6.45, 7) is 0. The summed E-state index contributed by atoms with van der Waals surface area (Å²) in [7, 11) is 0. The van der Waals surface area contributed by atoms with Crippen LogP contribution in [0.15, 0.2) is 167 Å². The minimum Gasteiger partial charge on any atom is -0.456 e. The summed E-state index contributed by atoms with van der Waals surface area (Å²) in [4.78, 5) is 20.1. The summed E-state index contributed by atoms with van der Waals surface area (Å²) < 4.78 is 12.7. The summed E-state index contributed by atoms with van der Waals surface area (Å²) in [5.41, 5.74) is 8.87. The molecule has 0 atom stereocenters. The third kappa shape index (κ3) is 4.73. The Morgan fingerprint density at radius 1 is 0.340 bits per heavy atom. The van der Waals surface area contributed by atoms with Crippen LogP contribution >= 0.6 is 0 Å². The van der Waals surface area contributed by atoms with Crippen LogP contribution in [0.4, 0.5) is 0 Å². The number of oxazole rings is 1. The zero-order valence-electron chi connectivity index (χ0n) is 26.6. The fraction of sp³-hybridized carbons (Fsp3) is 0. The predicted molar refractivity (Wildman–Crippen MR) is 199 cm³/mol. The summed E-state index contributed by atoms with van der Waals surface area (Å²) in [5.74, 6) is 2.38. The number of furan rings is 1. The van der Waals surface area contributed by atoms with Gasteiger partial charge >= 0.3 is 0 Å².